The minimum atomic E-state index is 0.0294. The summed E-state index contributed by atoms with van der Waals surface area (Å²) in [5.74, 6) is 0.904. The third-order valence-electron chi connectivity index (χ3n) is 2.73. The van der Waals surface area contributed by atoms with Crippen molar-refractivity contribution in [1.29, 1.82) is 0 Å². The summed E-state index contributed by atoms with van der Waals surface area (Å²) in [5.41, 5.74) is 8.17. The molecular formula is C13H17NO. The van der Waals surface area contributed by atoms with E-state index < -0.39 is 0 Å². The minimum absolute atomic E-state index is 0.0294. The van der Waals surface area contributed by atoms with E-state index >= 15 is 0 Å². The van der Waals surface area contributed by atoms with Gasteiger partial charge in [0, 0.05) is 5.39 Å². The summed E-state index contributed by atoms with van der Waals surface area (Å²) in [4.78, 5) is 0. The number of rotatable bonds is 3. The van der Waals surface area contributed by atoms with Crippen LogP contribution in [0.4, 0.5) is 0 Å². The Labute approximate surface area is 90.1 Å². The first-order valence-electron chi connectivity index (χ1n) is 5.47. The molecule has 80 valence electrons. The molecule has 0 radical (unpaired) electrons. The van der Waals surface area contributed by atoms with Crippen molar-refractivity contribution >= 4 is 11.0 Å². The highest BCUT2D eigenvalue weighted by Gasteiger charge is 2.11. The molecule has 0 aliphatic rings. The van der Waals surface area contributed by atoms with Crippen LogP contribution in [0.5, 0.6) is 0 Å². The Hall–Kier alpha value is -1.28. The van der Waals surface area contributed by atoms with Gasteiger partial charge in [0.15, 0.2) is 0 Å². The summed E-state index contributed by atoms with van der Waals surface area (Å²) in [6, 6.07) is 8.25. The number of benzene rings is 1. The molecule has 0 spiro atoms. The fourth-order valence-electron chi connectivity index (χ4n) is 1.86. The summed E-state index contributed by atoms with van der Waals surface area (Å²) >= 11 is 0. The van der Waals surface area contributed by atoms with Gasteiger partial charge in [0.25, 0.3) is 0 Å². The Morgan fingerprint density at radius 1 is 1.40 bits per heavy atom. The Kier molecular flexibility index (Phi) is 2.78. The van der Waals surface area contributed by atoms with Gasteiger partial charge in [0.2, 0.25) is 0 Å². The predicted molar refractivity (Wildman–Crippen MR) is 62.8 cm³/mol. The molecule has 0 saturated carbocycles. The number of nitrogens with two attached hydrogens (primary N) is 1. The topological polar surface area (TPSA) is 39.2 Å². The van der Waals surface area contributed by atoms with Crippen LogP contribution >= 0.6 is 0 Å². The highest BCUT2D eigenvalue weighted by Crippen LogP contribution is 2.26. The van der Waals surface area contributed by atoms with Crippen molar-refractivity contribution in [1.82, 2.24) is 0 Å². The molecule has 1 aromatic carbocycles. The van der Waals surface area contributed by atoms with E-state index in [1.807, 2.05) is 6.07 Å². The second-order valence-corrected chi connectivity index (χ2v) is 4.04. The second kappa shape index (κ2) is 4.07. The van der Waals surface area contributed by atoms with Crippen molar-refractivity contribution in [3.8, 4) is 0 Å². The maximum Gasteiger partial charge on any atom is 0.137 e. The van der Waals surface area contributed by atoms with Crippen molar-refractivity contribution in [2.75, 3.05) is 0 Å². The number of aryl methyl sites for hydroxylation is 1. The molecule has 0 saturated heterocycles. The zero-order valence-corrected chi connectivity index (χ0v) is 9.29. The Morgan fingerprint density at radius 3 is 2.87 bits per heavy atom. The number of para-hydroxylation sites is 1. The van der Waals surface area contributed by atoms with Crippen LogP contribution in [0.15, 0.2) is 28.7 Å². The predicted octanol–water partition coefficient (Wildman–Crippen LogP) is 3.54. The third-order valence-corrected chi connectivity index (χ3v) is 2.73. The third kappa shape index (κ3) is 1.90. The Morgan fingerprint density at radius 2 is 2.20 bits per heavy atom. The van der Waals surface area contributed by atoms with Gasteiger partial charge >= 0.3 is 0 Å². The molecule has 0 amide bonds. The summed E-state index contributed by atoms with van der Waals surface area (Å²) in [5, 5.41) is 1.15. The molecule has 2 nitrogen and oxygen atoms in total. The maximum absolute atomic E-state index is 6.03. The van der Waals surface area contributed by atoms with Gasteiger partial charge in [-0.15, -0.1) is 0 Å². The lowest BCUT2D eigenvalue weighted by molar-refractivity contribution is 0.474. The van der Waals surface area contributed by atoms with E-state index in [0.717, 1.165) is 29.6 Å². The van der Waals surface area contributed by atoms with Crippen LogP contribution in [0, 0.1) is 6.92 Å². The number of fused-ring (bicyclic) bond motifs is 1. The lowest BCUT2D eigenvalue weighted by atomic mass is 10.1. The van der Waals surface area contributed by atoms with E-state index in [-0.39, 0.29) is 6.04 Å². The van der Waals surface area contributed by atoms with Crippen molar-refractivity contribution in [3.63, 3.8) is 0 Å². The van der Waals surface area contributed by atoms with E-state index in [0.29, 0.717) is 0 Å². The van der Waals surface area contributed by atoms with Crippen molar-refractivity contribution in [2.45, 2.75) is 32.7 Å². The summed E-state index contributed by atoms with van der Waals surface area (Å²) < 4.78 is 5.79. The standard InChI is InChI=1S/C13H17NO/c1-3-5-11(14)12-8-10-7-4-6-9(2)13(10)15-12/h4,6-8,11H,3,5,14H2,1-2H3. The van der Waals surface area contributed by atoms with Crippen LogP contribution < -0.4 is 5.73 Å². The van der Waals surface area contributed by atoms with Crippen LogP contribution in [0.1, 0.15) is 37.1 Å². The molecule has 0 fully saturated rings. The minimum Gasteiger partial charge on any atom is -0.459 e. The first-order valence-corrected chi connectivity index (χ1v) is 5.47. The van der Waals surface area contributed by atoms with E-state index in [2.05, 4.69) is 32.0 Å². The number of furan rings is 1. The molecule has 2 rings (SSSR count). The quantitative estimate of drug-likeness (QED) is 0.828. The molecule has 15 heavy (non-hydrogen) atoms. The molecule has 2 aromatic rings. The van der Waals surface area contributed by atoms with Gasteiger partial charge in [-0.3, -0.25) is 0 Å². The molecule has 2 heteroatoms. The van der Waals surface area contributed by atoms with E-state index in [1.165, 1.54) is 5.56 Å². The molecule has 1 unspecified atom stereocenters. The van der Waals surface area contributed by atoms with Crippen LogP contribution in [0.3, 0.4) is 0 Å². The highest BCUT2D eigenvalue weighted by atomic mass is 16.3. The number of hydrogen-bond donors (Lipinski definition) is 1. The molecule has 0 aliphatic carbocycles. The van der Waals surface area contributed by atoms with Crippen molar-refractivity contribution in [3.05, 3.63) is 35.6 Å². The van der Waals surface area contributed by atoms with Crippen LogP contribution in [-0.4, -0.2) is 0 Å². The van der Waals surface area contributed by atoms with E-state index in [1.54, 1.807) is 0 Å². The van der Waals surface area contributed by atoms with Gasteiger partial charge < -0.3 is 10.2 Å². The van der Waals surface area contributed by atoms with Gasteiger partial charge in [-0.1, -0.05) is 31.5 Å². The summed E-state index contributed by atoms with van der Waals surface area (Å²) in [6.07, 6.45) is 2.05. The van der Waals surface area contributed by atoms with Gasteiger partial charge in [-0.2, -0.15) is 0 Å². The first kappa shape index (κ1) is 10.2. The number of hydrogen-bond acceptors (Lipinski definition) is 2. The molecule has 0 bridgehead atoms. The zero-order valence-electron chi connectivity index (χ0n) is 9.29. The van der Waals surface area contributed by atoms with Gasteiger partial charge in [-0.25, -0.2) is 0 Å². The Balaban J connectivity index is 2.43. The van der Waals surface area contributed by atoms with Crippen LogP contribution in [0.25, 0.3) is 11.0 Å². The molecular weight excluding hydrogens is 186 g/mol. The lowest BCUT2D eigenvalue weighted by Crippen LogP contribution is -2.08. The van der Waals surface area contributed by atoms with Gasteiger partial charge in [-0.05, 0) is 25.0 Å². The first-order chi connectivity index (χ1) is 7.22. The molecule has 1 aromatic heterocycles. The van der Waals surface area contributed by atoms with Gasteiger partial charge in [0.05, 0.1) is 6.04 Å². The van der Waals surface area contributed by atoms with E-state index in [9.17, 15) is 0 Å². The van der Waals surface area contributed by atoms with Crippen molar-refractivity contribution < 1.29 is 4.42 Å². The fraction of sp³-hybridized carbons (Fsp3) is 0.385. The SMILES string of the molecule is CCCC(N)c1cc2cccc(C)c2o1. The monoisotopic (exact) mass is 203 g/mol. The fourth-order valence-corrected chi connectivity index (χ4v) is 1.86. The normalized spacial score (nSPS) is 13.3. The second-order valence-electron chi connectivity index (χ2n) is 4.04. The largest absolute Gasteiger partial charge is 0.459 e. The lowest BCUT2D eigenvalue weighted by Gasteiger charge is -2.05. The molecule has 0 aliphatic heterocycles. The van der Waals surface area contributed by atoms with Crippen molar-refractivity contribution in [2.24, 2.45) is 5.73 Å². The molecule has 1 heterocycles. The summed E-state index contributed by atoms with van der Waals surface area (Å²) in [6.45, 7) is 4.19. The van der Waals surface area contributed by atoms with E-state index in [4.69, 9.17) is 10.2 Å². The highest BCUT2D eigenvalue weighted by molar-refractivity contribution is 5.80. The molecule has 2 N–H and O–H groups in total. The average molecular weight is 203 g/mol. The van der Waals surface area contributed by atoms with Gasteiger partial charge in [0.1, 0.15) is 11.3 Å². The smallest absolute Gasteiger partial charge is 0.137 e. The van der Waals surface area contributed by atoms with Crippen LogP contribution in [0.2, 0.25) is 0 Å². The average Bonchev–Trinajstić information content (AvgIpc) is 2.63. The molecule has 1 atom stereocenters. The zero-order chi connectivity index (χ0) is 10.8. The maximum atomic E-state index is 6.03. The summed E-state index contributed by atoms with van der Waals surface area (Å²) in [7, 11) is 0. The van der Waals surface area contributed by atoms with Crippen LogP contribution in [-0.2, 0) is 0 Å². The Bertz CT molecular complexity index is 459.